The van der Waals surface area contributed by atoms with Gasteiger partial charge in [0.05, 0.1) is 21.0 Å². The van der Waals surface area contributed by atoms with Crippen LogP contribution in [0.25, 0.3) is 22.3 Å². The van der Waals surface area contributed by atoms with Crippen LogP contribution in [0.15, 0.2) is 79.9 Å². The molecule has 2 N–H and O–H groups in total. The standard InChI is InChI=1S/C26H18Br2N6O6S/c1-13(35)31-21-5-3-15(27)11-19(21)17-7-9-29-25(23(17)33(37)38)41-26-24(34(39)40)18(8-10-30-26)20-12-16(28)4-6-22(20)32-14(2)36/h3-12H,1-2H3,(H,31,35)(H,32,36). The van der Waals surface area contributed by atoms with Gasteiger partial charge in [0.25, 0.3) is 0 Å². The van der Waals surface area contributed by atoms with Crippen LogP contribution >= 0.6 is 43.6 Å². The van der Waals surface area contributed by atoms with Crippen molar-refractivity contribution in [1.29, 1.82) is 0 Å². The van der Waals surface area contributed by atoms with Crippen LogP contribution in [-0.4, -0.2) is 31.6 Å². The summed E-state index contributed by atoms with van der Waals surface area (Å²) in [5.74, 6) is -0.745. The number of nitrogens with zero attached hydrogens (tertiary/aromatic N) is 4. The minimum atomic E-state index is -0.637. The number of amides is 2. The van der Waals surface area contributed by atoms with Crippen LogP contribution in [-0.2, 0) is 9.59 Å². The highest BCUT2D eigenvalue weighted by Gasteiger charge is 2.30. The predicted molar refractivity (Wildman–Crippen MR) is 161 cm³/mol. The molecule has 0 aliphatic heterocycles. The molecule has 2 amide bonds. The van der Waals surface area contributed by atoms with Crippen LogP contribution in [0.3, 0.4) is 0 Å². The Morgan fingerprint density at radius 1 is 0.707 bits per heavy atom. The van der Waals surface area contributed by atoms with E-state index in [2.05, 4.69) is 52.5 Å². The van der Waals surface area contributed by atoms with Crippen molar-refractivity contribution in [2.45, 2.75) is 23.9 Å². The molecule has 0 fully saturated rings. The Hall–Kier alpha value is -4.21. The van der Waals surface area contributed by atoms with Gasteiger partial charge in [-0.05, 0) is 60.3 Å². The molecule has 208 valence electrons. The zero-order chi connectivity index (χ0) is 29.8. The number of hydrogen-bond donors (Lipinski definition) is 2. The predicted octanol–water partition coefficient (Wildman–Crippen LogP) is 7.22. The summed E-state index contributed by atoms with van der Waals surface area (Å²) in [6.45, 7) is 2.63. The minimum Gasteiger partial charge on any atom is -0.326 e. The number of anilines is 2. The molecule has 15 heteroatoms. The van der Waals surface area contributed by atoms with Gasteiger partial charge >= 0.3 is 11.4 Å². The van der Waals surface area contributed by atoms with Gasteiger partial charge in [0, 0.05) is 57.7 Å². The molecular weight excluding hydrogens is 684 g/mol. The van der Waals surface area contributed by atoms with Gasteiger partial charge < -0.3 is 10.6 Å². The van der Waals surface area contributed by atoms with E-state index in [1.807, 2.05) is 0 Å². The lowest BCUT2D eigenvalue weighted by Gasteiger charge is -2.14. The van der Waals surface area contributed by atoms with E-state index in [9.17, 15) is 29.8 Å². The molecule has 2 aromatic carbocycles. The Kier molecular flexibility index (Phi) is 9.10. The van der Waals surface area contributed by atoms with Crippen molar-refractivity contribution >= 4 is 78.2 Å². The lowest BCUT2D eigenvalue weighted by Crippen LogP contribution is -2.08. The molecule has 12 nitrogen and oxygen atoms in total. The largest absolute Gasteiger partial charge is 0.326 e. The molecule has 0 aliphatic carbocycles. The number of rotatable bonds is 8. The van der Waals surface area contributed by atoms with E-state index in [1.165, 1.54) is 38.4 Å². The highest BCUT2D eigenvalue weighted by atomic mass is 79.9. The van der Waals surface area contributed by atoms with Crippen LogP contribution in [0.5, 0.6) is 0 Å². The van der Waals surface area contributed by atoms with Gasteiger partial charge in [0.15, 0.2) is 10.1 Å². The Morgan fingerprint density at radius 3 is 1.44 bits per heavy atom. The molecule has 0 atom stereocenters. The van der Waals surface area contributed by atoms with E-state index in [-0.39, 0.29) is 33.0 Å². The van der Waals surface area contributed by atoms with E-state index in [0.29, 0.717) is 43.2 Å². The molecule has 0 bridgehead atoms. The van der Waals surface area contributed by atoms with E-state index < -0.39 is 21.2 Å². The Morgan fingerprint density at radius 2 is 1.10 bits per heavy atom. The van der Waals surface area contributed by atoms with Gasteiger partial charge in [0.2, 0.25) is 11.8 Å². The number of nitrogens with one attached hydrogen (secondary N) is 2. The van der Waals surface area contributed by atoms with Crippen molar-refractivity contribution in [3.8, 4) is 22.3 Å². The summed E-state index contributed by atoms with van der Waals surface area (Å²) in [5, 5.41) is 29.8. The number of carbonyl (C=O) groups excluding carboxylic acids is 2. The number of aromatic nitrogens is 2. The molecule has 4 rings (SSSR count). The molecule has 0 aliphatic rings. The fourth-order valence-corrected chi connectivity index (χ4v) is 5.67. The zero-order valence-electron chi connectivity index (χ0n) is 21.2. The second-order valence-corrected chi connectivity index (χ2v) is 11.2. The van der Waals surface area contributed by atoms with Gasteiger partial charge in [-0.1, -0.05) is 31.9 Å². The van der Waals surface area contributed by atoms with Crippen molar-refractivity contribution in [3.63, 3.8) is 0 Å². The highest BCUT2D eigenvalue weighted by Crippen LogP contribution is 2.46. The van der Waals surface area contributed by atoms with E-state index in [0.717, 1.165) is 0 Å². The van der Waals surface area contributed by atoms with E-state index in [1.54, 1.807) is 36.4 Å². The van der Waals surface area contributed by atoms with Crippen LogP contribution in [0.4, 0.5) is 22.7 Å². The zero-order valence-corrected chi connectivity index (χ0v) is 25.2. The number of carbonyl (C=O) groups is 2. The first-order chi connectivity index (χ1) is 19.5. The molecule has 41 heavy (non-hydrogen) atoms. The van der Waals surface area contributed by atoms with Crippen molar-refractivity contribution < 1.29 is 19.4 Å². The average Bonchev–Trinajstić information content (AvgIpc) is 2.89. The third kappa shape index (κ3) is 6.75. The van der Waals surface area contributed by atoms with Crippen LogP contribution in [0, 0.1) is 20.2 Å². The van der Waals surface area contributed by atoms with Crippen molar-refractivity contribution in [2.24, 2.45) is 0 Å². The van der Waals surface area contributed by atoms with Crippen LogP contribution in [0.2, 0.25) is 0 Å². The van der Waals surface area contributed by atoms with Gasteiger partial charge in [-0.3, -0.25) is 29.8 Å². The minimum absolute atomic E-state index is 0.135. The van der Waals surface area contributed by atoms with Crippen LogP contribution < -0.4 is 10.6 Å². The molecule has 2 heterocycles. The Bertz CT molecular complexity index is 1610. The molecule has 0 radical (unpaired) electrons. The second-order valence-electron chi connectivity index (χ2n) is 8.38. The Balaban J connectivity index is 1.91. The SMILES string of the molecule is CC(=O)Nc1ccc(Br)cc1-c1ccnc(Sc2nccc(-c3cc(Br)ccc3NC(C)=O)c2[N+](=O)[O-])c1[N+](=O)[O-]. The topological polar surface area (TPSA) is 170 Å². The summed E-state index contributed by atoms with van der Waals surface area (Å²) >= 11 is 7.37. The lowest BCUT2D eigenvalue weighted by molar-refractivity contribution is -0.388. The average molecular weight is 702 g/mol. The number of benzene rings is 2. The smallest absolute Gasteiger partial charge is 0.309 e. The summed E-state index contributed by atoms with van der Waals surface area (Å²) in [7, 11) is 0. The van der Waals surface area contributed by atoms with E-state index in [4.69, 9.17) is 0 Å². The summed E-state index contributed by atoms with van der Waals surface area (Å²) in [4.78, 5) is 55.4. The first-order valence-corrected chi connectivity index (χ1v) is 14.0. The first kappa shape index (κ1) is 29.8. The molecule has 4 aromatic rings. The normalized spacial score (nSPS) is 10.6. The van der Waals surface area contributed by atoms with Gasteiger partial charge in [0.1, 0.15) is 0 Å². The van der Waals surface area contributed by atoms with E-state index >= 15 is 0 Å². The third-order valence-electron chi connectivity index (χ3n) is 5.50. The summed E-state index contributed by atoms with van der Waals surface area (Å²) in [6.07, 6.45) is 2.67. The highest BCUT2D eigenvalue weighted by molar-refractivity contribution is 9.10. The fourth-order valence-electron chi connectivity index (χ4n) is 3.97. The lowest BCUT2D eigenvalue weighted by atomic mass is 10.0. The van der Waals surface area contributed by atoms with Crippen molar-refractivity contribution in [1.82, 2.24) is 9.97 Å². The molecule has 0 saturated carbocycles. The first-order valence-electron chi connectivity index (χ1n) is 11.6. The third-order valence-corrected chi connectivity index (χ3v) is 7.48. The maximum atomic E-state index is 12.4. The molecule has 0 saturated heterocycles. The summed E-state index contributed by atoms with van der Waals surface area (Å²) < 4.78 is 1.21. The molecule has 0 unspecified atom stereocenters. The second kappa shape index (κ2) is 12.5. The number of pyridine rings is 2. The number of nitro groups is 2. The molecular formula is C26H18Br2N6O6S. The number of hydrogen-bond acceptors (Lipinski definition) is 9. The fraction of sp³-hybridized carbons (Fsp3) is 0.0769. The maximum Gasteiger partial charge on any atom is 0.309 e. The van der Waals surface area contributed by atoms with Crippen molar-refractivity contribution in [3.05, 3.63) is 90.1 Å². The summed E-state index contributed by atoms with van der Waals surface area (Å²) in [6, 6.07) is 12.6. The van der Waals surface area contributed by atoms with Gasteiger partial charge in [-0.15, -0.1) is 0 Å². The summed E-state index contributed by atoms with van der Waals surface area (Å²) in [5.41, 5.74) is 0.767. The van der Waals surface area contributed by atoms with Gasteiger partial charge in [-0.2, -0.15) is 0 Å². The molecule has 0 spiro atoms. The monoisotopic (exact) mass is 700 g/mol. The quantitative estimate of drug-likeness (QED) is 0.142. The Labute approximate surface area is 253 Å². The maximum absolute atomic E-state index is 12.4. The number of halogens is 2. The van der Waals surface area contributed by atoms with Crippen LogP contribution in [0.1, 0.15) is 13.8 Å². The van der Waals surface area contributed by atoms with Crippen molar-refractivity contribution in [2.75, 3.05) is 10.6 Å². The van der Waals surface area contributed by atoms with Gasteiger partial charge in [-0.25, -0.2) is 9.97 Å². The molecule has 2 aromatic heterocycles.